The Bertz CT molecular complexity index is 1650. The number of ether oxygens (including phenoxy) is 1. The SMILES string of the molecule is O=C(N[C@H]1C[C@@H](c2ncc(-c3ccccc3)o2)N(C(=O)OCc2ccccc2)C1)c1ccc2ccccc2c1O. The maximum atomic E-state index is 13.3. The van der Waals surface area contributed by atoms with Crippen LogP contribution in [0.1, 0.15) is 34.3 Å². The number of benzene rings is 4. The van der Waals surface area contributed by atoms with E-state index < -0.39 is 24.1 Å². The van der Waals surface area contributed by atoms with Crippen molar-refractivity contribution in [2.24, 2.45) is 0 Å². The highest BCUT2D eigenvalue weighted by atomic mass is 16.6. The molecule has 0 saturated carbocycles. The first kappa shape index (κ1) is 25.2. The van der Waals surface area contributed by atoms with Crippen molar-refractivity contribution in [3.8, 4) is 17.1 Å². The van der Waals surface area contributed by atoms with Crippen molar-refractivity contribution >= 4 is 22.8 Å². The highest BCUT2D eigenvalue weighted by Crippen LogP contribution is 2.35. The van der Waals surface area contributed by atoms with E-state index in [1.165, 1.54) is 4.90 Å². The highest BCUT2D eigenvalue weighted by molar-refractivity contribution is 6.03. The molecule has 8 heteroatoms. The van der Waals surface area contributed by atoms with Crippen molar-refractivity contribution in [2.45, 2.75) is 25.1 Å². The molecule has 0 aliphatic carbocycles. The number of amides is 2. The Labute approximate surface area is 230 Å². The van der Waals surface area contributed by atoms with Crippen molar-refractivity contribution in [2.75, 3.05) is 6.54 Å². The van der Waals surface area contributed by atoms with Crippen LogP contribution in [0.3, 0.4) is 0 Å². The second kappa shape index (κ2) is 10.9. The summed E-state index contributed by atoms with van der Waals surface area (Å²) in [6.07, 6.45) is 1.48. The number of hydrogen-bond acceptors (Lipinski definition) is 6. The highest BCUT2D eigenvalue weighted by Gasteiger charge is 2.41. The molecule has 0 radical (unpaired) electrons. The third-order valence-electron chi connectivity index (χ3n) is 7.09. The zero-order valence-electron chi connectivity index (χ0n) is 21.6. The minimum atomic E-state index is -0.545. The van der Waals surface area contributed by atoms with Gasteiger partial charge in [-0.05, 0) is 23.4 Å². The fraction of sp³-hybridized carbons (Fsp3) is 0.156. The zero-order valence-corrected chi connectivity index (χ0v) is 21.6. The average Bonchev–Trinajstić information content (AvgIpc) is 3.65. The maximum absolute atomic E-state index is 13.3. The average molecular weight is 534 g/mol. The number of fused-ring (bicyclic) bond motifs is 1. The molecule has 1 aromatic heterocycles. The smallest absolute Gasteiger partial charge is 0.410 e. The summed E-state index contributed by atoms with van der Waals surface area (Å²) in [5, 5.41) is 15.2. The minimum Gasteiger partial charge on any atom is -0.506 e. The zero-order chi connectivity index (χ0) is 27.5. The normalized spacial score (nSPS) is 16.6. The van der Waals surface area contributed by atoms with E-state index in [1.54, 1.807) is 24.4 Å². The van der Waals surface area contributed by atoms with Crippen LogP contribution in [-0.2, 0) is 11.3 Å². The van der Waals surface area contributed by atoms with Gasteiger partial charge in [-0.25, -0.2) is 9.78 Å². The van der Waals surface area contributed by atoms with E-state index in [2.05, 4.69) is 10.3 Å². The van der Waals surface area contributed by atoms with Crippen LogP contribution in [0, 0.1) is 0 Å². The number of nitrogens with zero attached hydrogens (tertiary/aromatic N) is 2. The van der Waals surface area contributed by atoms with Crippen molar-refractivity contribution < 1.29 is 23.8 Å². The number of carbonyl (C=O) groups is 2. The molecule has 0 bridgehead atoms. The Kier molecular flexibility index (Phi) is 6.89. The lowest BCUT2D eigenvalue weighted by molar-refractivity contribution is 0.0860. The molecule has 1 aliphatic rings. The fourth-order valence-electron chi connectivity index (χ4n) is 5.06. The van der Waals surface area contributed by atoms with Gasteiger partial charge in [0.15, 0.2) is 5.76 Å². The summed E-state index contributed by atoms with van der Waals surface area (Å²) >= 11 is 0. The number of oxazole rings is 1. The van der Waals surface area contributed by atoms with Gasteiger partial charge in [-0.1, -0.05) is 91.0 Å². The number of carbonyl (C=O) groups excluding carboxylic acids is 2. The number of aromatic hydroxyl groups is 1. The molecule has 1 fully saturated rings. The first-order valence-electron chi connectivity index (χ1n) is 13.1. The summed E-state index contributed by atoms with van der Waals surface area (Å²) in [6, 6.07) is 28.8. The summed E-state index contributed by atoms with van der Waals surface area (Å²) in [5.41, 5.74) is 1.91. The van der Waals surface area contributed by atoms with Crippen molar-refractivity contribution in [3.05, 3.63) is 120 Å². The third-order valence-corrected chi connectivity index (χ3v) is 7.09. The standard InChI is InChI=1S/C32H27N3O5/c36-29-25-14-8-7-11-22(25)15-16-26(29)30(37)34-24-17-27(31-33-18-28(40-31)23-12-5-2-6-13-23)35(19-24)32(38)39-20-21-9-3-1-4-10-21/h1-16,18,24,27,36H,17,19-20H2,(H,34,37)/t24-,27-/m0/s1. The van der Waals surface area contributed by atoms with Crippen LogP contribution >= 0.6 is 0 Å². The lowest BCUT2D eigenvalue weighted by Crippen LogP contribution is -2.38. The minimum absolute atomic E-state index is 0.0792. The number of likely N-dealkylation sites (tertiary alicyclic amines) is 1. The second-order valence-electron chi connectivity index (χ2n) is 9.73. The number of hydrogen-bond donors (Lipinski definition) is 2. The molecule has 4 aromatic carbocycles. The van der Waals surface area contributed by atoms with Crippen molar-refractivity contribution in [3.63, 3.8) is 0 Å². The number of phenols is 1. The Morgan fingerprint density at radius 2 is 1.68 bits per heavy atom. The molecule has 2 N–H and O–H groups in total. The van der Waals surface area contributed by atoms with E-state index in [1.807, 2.05) is 78.9 Å². The predicted octanol–water partition coefficient (Wildman–Crippen LogP) is 6.08. The van der Waals surface area contributed by atoms with Crippen LogP contribution < -0.4 is 5.32 Å². The van der Waals surface area contributed by atoms with Gasteiger partial charge in [-0.2, -0.15) is 0 Å². The maximum Gasteiger partial charge on any atom is 0.410 e. The van der Waals surface area contributed by atoms with Crippen LogP contribution in [-0.4, -0.2) is 39.6 Å². The van der Waals surface area contributed by atoms with Gasteiger partial charge in [0.25, 0.3) is 5.91 Å². The van der Waals surface area contributed by atoms with Gasteiger partial charge in [0.2, 0.25) is 5.89 Å². The third kappa shape index (κ3) is 5.11. The van der Waals surface area contributed by atoms with Crippen molar-refractivity contribution in [1.82, 2.24) is 15.2 Å². The molecule has 40 heavy (non-hydrogen) atoms. The Balaban J connectivity index is 1.23. The van der Waals surface area contributed by atoms with Crippen LogP contribution in [0.2, 0.25) is 0 Å². The molecule has 2 amide bonds. The summed E-state index contributed by atoms with van der Waals surface area (Å²) in [7, 11) is 0. The van der Waals surface area contributed by atoms with Gasteiger partial charge in [0, 0.05) is 23.5 Å². The molecule has 6 rings (SSSR count). The monoisotopic (exact) mass is 533 g/mol. The molecular weight excluding hydrogens is 506 g/mol. The van der Waals surface area contributed by atoms with E-state index >= 15 is 0 Å². The molecule has 2 atom stereocenters. The molecule has 0 unspecified atom stereocenters. The molecular formula is C32H27N3O5. The molecule has 1 saturated heterocycles. The van der Waals surface area contributed by atoms with Crippen LogP contribution in [0.15, 0.2) is 108 Å². The van der Waals surface area contributed by atoms with E-state index in [0.717, 1.165) is 16.5 Å². The quantitative estimate of drug-likeness (QED) is 0.274. The first-order valence-corrected chi connectivity index (χ1v) is 13.1. The second-order valence-corrected chi connectivity index (χ2v) is 9.73. The van der Waals surface area contributed by atoms with Gasteiger partial charge < -0.3 is 19.6 Å². The van der Waals surface area contributed by atoms with Crippen LogP contribution in [0.4, 0.5) is 4.79 Å². The molecule has 5 aromatic rings. The summed E-state index contributed by atoms with van der Waals surface area (Å²) in [5.74, 6) is 0.441. The summed E-state index contributed by atoms with van der Waals surface area (Å²) < 4.78 is 11.7. The molecule has 200 valence electrons. The number of rotatable bonds is 6. The summed E-state index contributed by atoms with van der Waals surface area (Å²) in [6.45, 7) is 0.313. The Morgan fingerprint density at radius 3 is 2.48 bits per heavy atom. The first-order chi connectivity index (χ1) is 19.6. The Morgan fingerprint density at radius 1 is 0.950 bits per heavy atom. The largest absolute Gasteiger partial charge is 0.506 e. The molecule has 2 heterocycles. The van der Waals surface area contributed by atoms with Gasteiger partial charge in [-0.3, -0.25) is 9.69 Å². The Hall–Kier alpha value is -5.11. The summed E-state index contributed by atoms with van der Waals surface area (Å²) in [4.78, 5) is 32.5. The predicted molar refractivity (Wildman–Crippen MR) is 149 cm³/mol. The lowest BCUT2D eigenvalue weighted by Gasteiger charge is -2.21. The van der Waals surface area contributed by atoms with Gasteiger partial charge in [0.1, 0.15) is 18.4 Å². The van der Waals surface area contributed by atoms with Gasteiger partial charge in [0.05, 0.1) is 11.8 Å². The molecule has 1 aliphatic heterocycles. The van der Waals surface area contributed by atoms with Crippen LogP contribution in [0.25, 0.3) is 22.1 Å². The molecule has 8 nitrogen and oxygen atoms in total. The topological polar surface area (TPSA) is 105 Å². The van der Waals surface area contributed by atoms with Crippen molar-refractivity contribution in [1.29, 1.82) is 0 Å². The van der Waals surface area contributed by atoms with E-state index in [9.17, 15) is 14.7 Å². The number of aromatic nitrogens is 1. The van der Waals surface area contributed by atoms with E-state index in [-0.39, 0.29) is 24.5 Å². The van der Waals surface area contributed by atoms with E-state index in [0.29, 0.717) is 23.5 Å². The van der Waals surface area contributed by atoms with Gasteiger partial charge in [-0.15, -0.1) is 0 Å². The van der Waals surface area contributed by atoms with Gasteiger partial charge >= 0.3 is 6.09 Å². The van der Waals surface area contributed by atoms with Crippen LogP contribution in [0.5, 0.6) is 5.75 Å². The fourth-order valence-corrected chi connectivity index (χ4v) is 5.06. The lowest BCUT2D eigenvalue weighted by atomic mass is 10.0. The molecule has 0 spiro atoms. The number of nitrogens with one attached hydrogen (secondary N) is 1. The number of phenolic OH excluding ortho intramolecular Hbond substituents is 1. The van der Waals surface area contributed by atoms with E-state index in [4.69, 9.17) is 9.15 Å².